The molecule has 8 heteroatoms. The molecule has 0 fully saturated rings. The van der Waals surface area contributed by atoms with E-state index in [1.807, 2.05) is 33.8 Å². The quantitative estimate of drug-likeness (QED) is 0.401. The number of hydrogen-bond donors (Lipinski definition) is 4. The van der Waals surface area contributed by atoms with Crippen LogP contribution in [0.2, 0.25) is 0 Å². The number of phenols is 1. The summed E-state index contributed by atoms with van der Waals surface area (Å²) in [6.45, 7) is 8.03. The Labute approximate surface area is 182 Å². The molecule has 0 aliphatic heterocycles. The van der Waals surface area contributed by atoms with Crippen molar-refractivity contribution in [2.45, 2.75) is 39.5 Å². The maximum Gasteiger partial charge on any atom is 0.273 e. The summed E-state index contributed by atoms with van der Waals surface area (Å²) >= 11 is 5.24. The number of thiocarbonyl (C=S) groups is 1. The molecule has 0 aromatic heterocycles. The van der Waals surface area contributed by atoms with Crippen molar-refractivity contribution in [3.05, 3.63) is 47.0 Å². The maximum absolute atomic E-state index is 12.7. The smallest absolute Gasteiger partial charge is 0.273 e. The van der Waals surface area contributed by atoms with E-state index in [-0.39, 0.29) is 28.3 Å². The lowest BCUT2D eigenvalue weighted by Crippen LogP contribution is -2.43. The fourth-order valence-electron chi connectivity index (χ4n) is 2.88. The van der Waals surface area contributed by atoms with Crippen molar-refractivity contribution in [1.82, 2.24) is 10.9 Å². The molecule has 2 aromatic rings. The van der Waals surface area contributed by atoms with E-state index in [1.165, 1.54) is 0 Å². The van der Waals surface area contributed by atoms with Gasteiger partial charge in [-0.15, -0.1) is 0 Å². The zero-order valence-corrected chi connectivity index (χ0v) is 18.9. The number of carbonyl (C=O) groups is 1. The zero-order chi connectivity index (χ0) is 22.4. The molecule has 4 N–H and O–H groups in total. The Hall–Kier alpha value is -3.00. The molecule has 0 aliphatic carbocycles. The van der Waals surface area contributed by atoms with Crippen molar-refractivity contribution in [3.8, 4) is 17.2 Å². The predicted octanol–water partition coefficient (Wildman–Crippen LogP) is 4.29. The van der Waals surface area contributed by atoms with Crippen LogP contribution in [0.4, 0.5) is 5.69 Å². The number of benzene rings is 2. The molecule has 0 spiro atoms. The van der Waals surface area contributed by atoms with Gasteiger partial charge in [0.1, 0.15) is 5.75 Å². The van der Waals surface area contributed by atoms with Crippen LogP contribution >= 0.6 is 12.2 Å². The first-order chi connectivity index (χ1) is 14.2. The van der Waals surface area contributed by atoms with Gasteiger partial charge in [-0.1, -0.05) is 33.8 Å². The standard InChI is InChI=1S/C22H29N3O4S/c1-12(2)14-9-16(13(3)4)20(26)17(10-14)21(27)24-25-22(30)23-15-7-8-18(28-5)19(11-15)29-6/h7-13,26H,1-6H3,(H,24,27)(H2,23,25,30). The fourth-order valence-corrected chi connectivity index (χ4v) is 3.05. The molecule has 0 saturated heterocycles. The van der Waals surface area contributed by atoms with Crippen molar-refractivity contribution >= 4 is 28.9 Å². The summed E-state index contributed by atoms with van der Waals surface area (Å²) in [5.41, 5.74) is 7.76. The number of phenolic OH excluding ortho intramolecular Hbond substituents is 1. The second kappa shape index (κ2) is 10.2. The number of hydrogen-bond acceptors (Lipinski definition) is 5. The molecule has 2 rings (SSSR count). The molecule has 0 saturated carbocycles. The number of hydrazine groups is 1. The van der Waals surface area contributed by atoms with Gasteiger partial charge in [-0.2, -0.15) is 0 Å². The lowest BCUT2D eigenvalue weighted by atomic mass is 9.92. The van der Waals surface area contributed by atoms with Gasteiger partial charge in [-0.3, -0.25) is 15.6 Å². The summed E-state index contributed by atoms with van der Waals surface area (Å²) in [5, 5.41) is 13.7. The minimum absolute atomic E-state index is 0.0209. The lowest BCUT2D eigenvalue weighted by molar-refractivity contribution is 0.0941. The van der Waals surface area contributed by atoms with E-state index in [9.17, 15) is 9.90 Å². The topological polar surface area (TPSA) is 91.9 Å². The Bertz CT molecular complexity index is 929. The average Bonchev–Trinajstić information content (AvgIpc) is 2.71. The minimum Gasteiger partial charge on any atom is -0.507 e. The Kier molecular flexibility index (Phi) is 7.88. The molecule has 0 heterocycles. The van der Waals surface area contributed by atoms with E-state index < -0.39 is 5.91 Å². The first-order valence-electron chi connectivity index (χ1n) is 9.64. The normalized spacial score (nSPS) is 10.7. The SMILES string of the molecule is COc1ccc(NC(=S)NNC(=O)c2cc(C(C)C)cc(C(C)C)c2O)cc1OC. The molecule has 0 bridgehead atoms. The number of rotatable bonds is 6. The molecular formula is C22H29N3O4S. The van der Waals surface area contributed by atoms with E-state index in [0.29, 0.717) is 17.2 Å². The van der Waals surface area contributed by atoms with Gasteiger partial charge >= 0.3 is 0 Å². The van der Waals surface area contributed by atoms with Crippen molar-refractivity contribution in [3.63, 3.8) is 0 Å². The molecule has 0 aliphatic rings. The van der Waals surface area contributed by atoms with Gasteiger partial charge in [0.2, 0.25) is 0 Å². The molecular weight excluding hydrogens is 402 g/mol. The van der Waals surface area contributed by atoms with E-state index in [1.54, 1.807) is 38.5 Å². The molecule has 0 unspecified atom stereocenters. The summed E-state index contributed by atoms with van der Waals surface area (Å²) < 4.78 is 10.5. The predicted molar refractivity (Wildman–Crippen MR) is 123 cm³/mol. The highest BCUT2D eigenvalue weighted by atomic mass is 32.1. The number of ether oxygens (including phenoxy) is 2. The lowest BCUT2D eigenvalue weighted by Gasteiger charge is -2.18. The molecule has 0 radical (unpaired) electrons. The Morgan fingerprint density at radius 1 is 0.967 bits per heavy atom. The summed E-state index contributed by atoms with van der Waals surface area (Å²) in [4.78, 5) is 12.7. The van der Waals surface area contributed by atoms with Crippen LogP contribution in [0.3, 0.4) is 0 Å². The molecule has 0 atom stereocenters. The van der Waals surface area contributed by atoms with E-state index in [0.717, 1.165) is 11.1 Å². The van der Waals surface area contributed by atoms with Crippen LogP contribution in [0.5, 0.6) is 17.2 Å². The molecule has 7 nitrogen and oxygen atoms in total. The van der Waals surface area contributed by atoms with Crippen LogP contribution in [-0.4, -0.2) is 30.3 Å². The first kappa shape index (κ1) is 23.3. The zero-order valence-electron chi connectivity index (χ0n) is 18.1. The van der Waals surface area contributed by atoms with Gasteiger partial charge in [-0.05, 0) is 53.4 Å². The van der Waals surface area contributed by atoms with Crippen LogP contribution in [0.1, 0.15) is 61.0 Å². The number of methoxy groups -OCH3 is 2. The Morgan fingerprint density at radius 2 is 1.63 bits per heavy atom. The Balaban J connectivity index is 2.11. The third-order valence-electron chi connectivity index (χ3n) is 4.63. The third-order valence-corrected chi connectivity index (χ3v) is 4.83. The van der Waals surface area contributed by atoms with Crippen molar-refractivity contribution in [2.24, 2.45) is 0 Å². The minimum atomic E-state index is -0.478. The number of carbonyl (C=O) groups excluding carboxylic acids is 1. The second-order valence-corrected chi connectivity index (χ2v) is 7.83. The van der Waals surface area contributed by atoms with Gasteiger partial charge < -0.3 is 19.9 Å². The molecule has 30 heavy (non-hydrogen) atoms. The van der Waals surface area contributed by atoms with Gasteiger partial charge in [-0.25, -0.2) is 0 Å². The van der Waals surface area contributed by atoms with Crippen LogP contribution in [0.15, 0.2) is 30.3 Å². The van der Waals surface area contributed by atoms with E-state index in [4.69, 9.17) is 21.7 Å². The summed E-state index contributed by atoms with van der Waals surface area (Å²) in [6, 6.07) is 8.88. The second-order valence-electron chi connectivity index (χ2n) is 7.42. The van der Waals surface area contributed by atoms with Crippen LogP contribution in [0, 0.1) is 0 Å². The van der Waals surface area contributed by atoms with Gasteiger partial charge in [0.25, 0.3) is 5.91 Å². The summed E-state index contributed by atoms with van der Waals surface area (Å²) in [7, 11) is 3.10. The third kappa shape index (κ3) is 5.54. The molecule has 162 valence electrons. The fraction of sp³-hybridized carbons (Fsp3) is 0.364. The Morgan fingerprint density at radius 3 is 2.20 bits per heavy atom. The highest BCUT2D eigenvalue weighted by Gasteiger charge is 2.19. The maximum atomic E-state index is 12.7. The van der Waals surface area contributed by atoms with Crippen molar-refractivity contribution < 1.29 is 19.4 Å². The monoisotopic (exact) mass is 431 g/mol. The largest absolute Gasteiger partial charge is 0.507 e. The van der Waals surface area contributed by atoms with Crippen LogP contribution in [-0.2, 0) is 0 Å². The number of anilines is 1. The highest BCUT2D eigenvalue weighted by molar-refractivity contribution is 7.80. The van der Waals surface area contributed by atoms with Crippen LogP contribution < -0.4 is 25.6 Å². The average molecular weight is 432 g/mol. The van der Waals surface area contributed by atoms with Gasteiger partial charge in [0.15, 0.2) is 16.6 Å². The first-order valence-corrected chi connectivity index (χ1v) is 10.0. The number of amides is 1. The van der Waals surface area contributed by atoms with Crippen molar-refractivity contribution in [1.29, 1.82) is 0 Å². The summed E-state index contributed by atoms with van der Waals surface area (Å²) in [6.07, 6.45) is 0. The van der Waals surface area contributed by atoms with Crippen molar-refractivity contribution in [2.75, 3.05) is 19.5 Å². The molecule has 2 aromatic carbocycles. The van der Waals surface area contributed by atoms with Crippen LogP contribution in [0.25, 0.3) is 0 Å². The van der Waals surface area contributed by atoms with Gasteiger partial charge in [0, 0.05) is 11.8 Å². The van der Waals surface area contributed by atoms with E-state index in [2.05, 4.69) is 16.2 Å². The highest BCUT2D eigenvalue weighted by Crippen LogP contribution is 2.33. The van der Waals surface area contributed by atoms with E-state index >= 15 is 0 Å². The number of aromatic hydroxyl groups is 1. The summed E-state index contributed by atoms with van der Waals surface area (Å²) in [5.74, 6) is 0.940. The number of nitrogens with one attached hydrogen (secondary N) is 3. The van der Waals surface area contributed by atoms with Gasteiger partial charge in [0.05, 0.1) is 19.8 Å². The molecule has 1 amide bonds.